The normalized spacial score (nSPS) is 10.7. The highest BCUT2D eigenvalue weighted by molar-refractivity contribution is 7.85. The molecule has 0 fully saturated rings. The Morgan fingerprint density at radius 3 is 2.64 bits per heavy atom. The third-order valence-electron chi connectivity index (χ3n) is 3.08. The van der Waals surface area contributed by atoms with Crippen molar-refractivity contribution < 1.29 is 17.7 Å². The molecule has 0 heterocycles. The van der Waals surface area contributed by atoms with Gasteiger partial charge in [-0.2, -0.15) is 8.42 Å². The van der Waals surface area contributed by atoms with Gasteiger partial charge in [0.2, 0.25) is 0 Å². The Labute approximate surface area is 130 Å². The van der Waals surface area contributed by atoms with Crippen LogP contribution in [-0.4, -0.2) is 20.1 Å². The van der Waals surface area contributed by atoms with E-state index in [1.54, 1.807) is 25.3 Å². The standard InChI is InChI=1S/C17H16O4S/c1-13-9-10-17(22(18,19)20)15(11-13)7-3-5-14-6-4-8-16(12-14)21-2/h4,6,8-12H,7H2,1-2H3,(H,18,19,20). The van der Waals surface area contributed by atoms with Gasteiger partial charge in [0, 0.05) is 12.0 Å². The molecule has 0 aliphatic heterocycles. The summed E-state index contributed by atoms with van der Waals surface area (Å²) >= 11 is 0. The minimum Gasteiger partial charge on any atom is -0.497 e. The number of hydrogen-bond acceptors (Lipinski definition) is 3. The minimum absolute atomic E-state index is 0.0990. The number of methoxy groups -OCH3 is 1. The van der Waals surface area contributed by atoms with Crippen LogP contribution in [0.3, 0.4) is 0 Å². The molecule has 0 radical (unpaired) electrons. The van der Waals surface area contributed by atoms with Crippen LogP contribution >= 0.6 is 0 Å². The molecule has 22 heavy (non-hydrogen) atoms. The number of hydrogen-bond donors (Lipinski definition) is 1. The molecule has 0 aliphatic rings. The molecule has 4 nitrogen and oxygen atoms in total. The lowest BCUT2D eigenvalue weighted by atomic mass is 10.1. The second-order valence-electron chi connectivity index (χ2n) is 4.80. The summed E-state index contributed by atoms with van der Waals surface area (Å²) in [5.41, 5.74) is 2.17. The van der Waals surface area contributed by atoms with Crippen molar-refractivity contribution >= 4 is 10.1 Å². The molecule has 0 atom stereocenters. The van der Waals surface area contributed by atoms with Crippen LogP contribution in [0.15, 0.2) is 47.4 Å². The summed E-state index contributed by atoms with van der Waals surface area (Å²) in [6, 6.07) is 12.0. The van der Waals surface area contributed by atoms with Crippen molar-refractivity contribution in [2.24, 2.45) is 0 Å². The summed E-state index contributed by atoms with van der Waals surface area (Å²) in [5.74, 6) is 6.60. The fourth-order valence-electron chi connectivity index (χ4n) is 2.04. The molecule has 5 heteroatoms. The maximum absolute atomic E-state index is 11.4. The summed E-state index contributed by atoms with van der Waals surface area (Å²) in [5, 5.41) is 0. The second kappa shape index (κ2) is 6.65. The van der Waals surface area contributed by atoms with Crippen LogP contribution in [-0.2, 0) is 16.5 Å². The molecule has 114 valence electrons. The third kappa shape index (κ3) is 4.10. The van der Waals surface area contributed by atoms with Gasteiger partial charge >= 0.3 is 0 Å². The van der Waals surface area contributed by atoms with Crippen LogP contribution in [0.25, 0.3) is 0 Å². The van der Waals surface area contributed by atoms with Gasteiger partial charge in [0.1, 0.15) is 5.75 Å². The van der Waals surface area contributed by atoms with Gasteiger partial charge in [0.25, 0.3) is 10.1 Å². The van der Waals surface area contributed by atoms with Crippen molar-refractivity contribution in [3.63, 3.8) is 0 Å². The Morgan fingerprint density at radius 1 is 1.18 bits per heavy atom. The van der Waals surface area contributed by atoms with Crippen molar-refractivity contribution in [2.75, 3.05) is 7.11 Å². The van der Waals surface area contributed by atoms with Gasteiger partial charge in [-0.05, 0) is 36.8 Å². The zero-order chi connectivity index (χ0) is 16.2. The van der Waals surface area contributed by atoms with Crippen molar-refractivity contribution in [3.05, 3.63) is 59.2 Å². The summed E-state index contributed by atoms with van der Waals surface area (Å²) in [6.45, 7) is 1.85. The van der Waals surface area contributed by atoms with E-state index < -0.39 is 10.1 Å². The van der Waals surface area contributed by atoms with Gasteiger partial charge in [-0.3, -0.25) is 4.55 Å². The predicted molar refractivity (Wildman–Crippen MR) is 84.6 cm³/mol. The number of aryl methyl sites for hydroxylation is 1. The number of rotatable bonds is 3. The lowest BCUT2D eigenvalue weighted by Crippen LogP contribution is -2.03. The first-order valence-corrected chi connectivity index (χ1v) is 8.04. The van der Waals surface area contributed by atoms with E-state index in [4.69, 9.17) is 4.74 Å². The number of ether oxygens (including phenoxy) is 1. The average Bonchev–Trinajstić information content (AvgIpc) is 2.46. The summed E-state index contributed by atoms with van der Waals surface area (Å²) < 4.78 is 37.1. The topological polar surface area (TPSA) is 63.6 Å². The van der Waals surface area contributed by atoms with Gasteiger partial charge in [0.15, 0.2) is 0 Å². The van der Waals surface area contributed by atoms with Gasteiger partial charge in [-0.25, -0.2) is 0 Å². The van der Waals surface area contributed by atoms with E-state index in [1.807, 2.05) is 25.1 Å². The second-order valence-corrected chi connectivity index (χ2v) is 6.19. The Balaban J connectivity index is 2.29. The molecular weight excluding hydrogens is 300 g/mol. The van der Waals surface area contributed by atoms with Gasteiger partial charge < -0.3 is 4.74 Å². The summed E-state index contributed by atoms with van der Waals surface area (Å²) in [7, 11) is -2.66. The highest BCUT2D eigenvalue weighted by Gasteiger charge is 2.14. The van der Waals surface area contributed by atoms with Crippen LogP contribution in [0.2, 0.25) is 0 Å². The number of benzene rings is 2. The molecule has 0 amide bonds. The quantitative estimate of drug-likeness (QED) is 0.698. The van der Waals surface area contributed by atoms with E-state index in [-0.39, 0.29) is 11.3 Å². The van der Waals surface area contributed by atoms with Gasteiger partial charge in [-0.15, -0.1) is 0 Å². The van der Waals surface area contributed by atoms with E-state index in [2.05, 4.69) is 11.8 Å². The lowest BCUT2D eigenvalue weighted by molar-refractivity contribution is 0.414. The molecule has 2 aromatic carbocycles. The molecule has 1 N–H and O–H groups in total. The van der Waals surface area contributed by atoms with E-state index in [9.17, 15) is 13.0 Å². The molecule has 0 saturated carbocycles. The monoisotopic (exact) mass is 316 g/mol. The Bertz CT molecular complexity index is 842. The first-order valence-electron chi connectivity index (χ1n) is 6.60. The van der Waals surface area contributed by atoms with Crippen LogP contribution in [0.1, 0.15) is 16.7 Å². The fourth-order valence-corrected chi connectivity index (χ4v) is 2.74. The van der Waals surface area contributed by atoms with Crippen LogP contribution < -0.4 is 4.74 Å². The molecule has 2 aromatic rings. The predicted octanol–water partition coefficient (Wildman–Crippen LogP) is 2.84. The molecule has 0 aliphatic carbocycles. The molecule has 0 aromatic heterocycles. The van der Waals surface area contributed by atoms with Crippen LogP contribution in [0, 0.1) is 18.8 Å². The zero-order valence-corrected chi connectivity index (χ0v) is 13.1. The van der Waals surface area contributed by atoms with E-state index in [0.717, 1.165) is 11.1 Å². The van der Waals surface area contributed by atoms with Crippen molar-refractivity contribution in [2.45, 2.75) is 18.2 Å². The highest BCUT2D eigenvalue weighted by Crippen LogP contribution is 2.18. The molecule has 0 unspecified atom stereocenters. The van der Waals surface area contributed by atoms with Gasteiger partial charge in [0.05, 0.1) is 12.0 Å². The molecule has 2 rings (SSSR count). The van der Waals surface area contributed by atoms with E-state index >= 15 is 0 Å². The van der Waals surface area contributed by atoms with Crippen molar-refractivity contribution in [1.82, 2.24) is 0 Å². The van der Waals surface area contributed by atoms with Crippen LogP contribution in [0.5, 0.6) is 5.75 Å². The van der Waals surface area contributed by atoms with E-state index in [1.165, 1.54) is 6.07 Å². The highest BCUT2D eigenvalue weighted by atomic mass is 32.2. The molecular formula is C17H16O4S. The summed E-state index contributed by atoms with van der Waals surface area (Å²) in [6.07, 6.45) is 0.230. The molecule has 0 spiro atoms. The Morgan fingerprint density at radius 2 is 1.95 bits per heavy atom. The first-order chi connectivity index (χ1) is 10.4. The fraction of sp³-hybridized carbons (Fsp3) is 0.176. The smallest absolute Gasteiger partial charge is 0.294 e. The third-order valence-corrected chi connectivity index (χ3v) is 4.03. The molecule has 0 bridgehead atoms. The zero-order valence-electron chi connectivity index (χ0n) is 12.3. The minimum atomic E-state index is -4.24. The van der Waals surface area contributed by atoms with Crippen molar-refractivity contribution in [1.29, 1.82) is 0 Å². The Hall–Kier alpha value is -2.29. The molecule has 0 saturated heterocycles. The maximum Gasteiger partial charge on any atom is 0.294 e. The van der Waals surface area contributed by atoms with Gasteiger partial charge in [-0.1, -0.05) is 35.6 Å². The SMILES string of the molecule is COc1cccc(C#CCc2cc(C)ccc2S(=O)(=O)O)c1. The lowest BCUT2D eigenvalue weighted by Gasteiger charge is -2.05. The maximum atomic E-state index is 11.4. The largest absolute Gasteiger partial charge is 0.497 e. The average molecular weight is 316 g/mol. The first kappa shape index (κ1) is 16.1. The van der Waals surface area contributed by atoms with E-state index in [0.29, 0.717) is 11.3 Å². The Kier molecular flexibility index (Phi) is 4.86. The van der Waals surface area contributed by atoms with Crippen LogP contribution in [0.4, 0.5) is 0 Å². The van der Waals surface area contributed by atoms with Crippen molar-refractivity contribution in [3.8, 4) is 17.6 Å². The summed E-state index contributed by atoms with van der Waals surface area (Å²) in [4.78, 5) is -0.0990.